The van der Waals surface area contributed by atoms with Crippen molar-refractivity contribution in [1.82, 2.24) is 0 Å². The van der Waals surface area contributed by atoms with Crippen molar-refractivity contribution >= 4 is 32.4 Å². The lowest BCUT2D eigenvalue weighted by Gasteiger charge is -1.91. The Balaban J connectivity index is 2.53. The van der Waals surface area contributed by atoms with E-state index < -0.39 is 9.84 Å². The van der Waals surface area contributed by atoms with Crippen LogP contribution in [0.1, 0.15) is 5.76 Å². The first-order valence-corrected chi connectivity index (χ1v) is 6.74. The summed E-state index contributed by atoms with van der Waals surface area (Å²) in [4.78, 5) is 0. The molecule has 0 fully saturated rings. The van der Waals surface area contributed by atoms with Crippen LogP contribution >= 0.6 is 11.6 Å². The fourth-order valence-electron chi connectivity index (χ4n) is 1.41. The molecule has 80 valence electrons. The zero-order valence-corrected chi connectivity index (χ0v) is 9.60. The molecule has 1 heterocycles. The number of hydrogen-bond donors (Lipinski definition) is 0. The van der Waals surface area contributed by atoms with Crippen LogP contribution in [0.15, 0.2) is 28.7 Å². The summed E-state index contributed by atoms with van der Waals surface area (Å²) < 4.78 is 27.5. The number of benzene rings is 1. The molecule has 1 aromatic heterocycles. The third-order valence-electron chi connectivity index (χ3n) is 1.96. The van der Waals surface area contributed by atoms with E-state index in [1.165, 1.54) is 6.26 Å². The Bertz CT molecular complexity index is 598. The highest BCUT2D eigenvalue weighted by Crippen LogP contribution is 2.27. The Labute approximate surface area is 92.6 Å². The minimum atomic E-state index is -3.07. The van der Waals surface area contributed by atoms with Gasteiger partial charge in [0.1, 0.15) is 17.1 Å². The van der Waals surface area contributed by atoms with E-state index in [2.05, 4.69) is 0 Å². The van der Waals surface area contributed by atoms with Crippen LogP contribution in [-0.4, -0.2) is 14.7 Å². The predicted molar refractivity (Wildman–Crippen MR) is 59.8 cm³/mol. The summed E-state index contributed by atoms with van der Waals surface area (Å²) in [5, 5.41) is 1.31. The Morgan fingerprint density at radius 3 is 2.73 bits per heavy atom. The van der Waals surface area contributed by atoms with Gasteiger partial charge in [0.25, 0.3) is 0 Å². The molecule has 1 aromatic carbocycles. The largest absolute Gasteiger partial charge is 0.460 e. The summed E-state index contributed by atoms with van der Waals surface area (Å²) in [6, 6.07) is 6.92. The highest BCUT2D eigenvalue weighted by Gasteiger charge is 2.11. The Kier molecular flexibility index (Phi) is 2.48. The summed E-state index contributed by atoms with van der Waals surface area (Å²) in [6.45, 7) is 0. The summed E-state index contributed by atoms with van der Waals surface area (Å²) in [5.74, 6) is 0.318. The minimum absolute atomic E-state index is 0.0992. The quantitative estimate of drug-likeness (QED) is 0.816. The van der Waals surface area contributed by atoms with Crippen LogP contribution in [-0.2, 0) is 15.6 Å². The van der Waals surface area contributed by atoms with Crippen LogP contribution in [0.25, 0.3) is 11.0 Å². The lowest BCUT2D eigenvalue weighted by molar-refractivity contribution is 0.557. The number of hydrogen-bond acceptors (Lipinski definition) is 3. The lowest BCUT2D eigenvalue weighted by atomic mass is 10.2. The summed E-state index contributed by atoms with van der Waals surface area (Å²) >= 11 is 5.93. The van der Waals surface area contributed by atoms with Gasteiger partial charge >= 0.3 is 0 Å². The van der Waals surface area contributed by atoms with Crippen molar-refractivity contribution in [2.24, 2.45) is 0 Å². The van der Waals surface area contributed by atoms with Crippen molar-refractivity contribution in [3.63, 3.8) is 0 Å². The fraction of sp³-hybridized carbons (Fsp3) is 0.200. The van der Waals surface area contributed by atoms with Crippen LogP contribution in [0.4, 0.5) is 0 Å². The van der Waals surface area contributed by atoms with E-state index >= 15 is 0 Å². The van der Waals surface area contributed by atoms with Crippen LogP contribution < -0.4 is 0 Å². The second-order valence-corrected chi connectivity index (χ2v) is 5.98. The van der Waals surface area contributed by atoms with Crippen LogP contribution in [0.5, 0.6) is 0 Å². The van der Waals surface area contributed by atoms with Crippen molar-refractivity contribution in [2.45, 2.75) is 5.75 Å². The molecule has 0 bridgehead atoms. The molecule has 0 amide bonds. The molecule has 0 saturated heterocycles. The average molecular weight is 245 g/mol. The molecule has 15 heavy (non-hydrogen) atoms. The second kappa shape index (κ2) is 3.54. The first-order valence-electron chi connectivity index (χ1n) is 4.30. The molecule has 0 unspecified atom stereocenters. The molecule has 2 rings (SSSR count). The van der Waals surface area contributed by atoms with E-state index in [4.69, 9.17) is 16.0 Å². The topological polar surface area (TPSA) is 47.3 Å². The van der Waals surface area contributed by atoms with Gasteiger partial charge in [-0.15, -0.1) is 0 Å². The van der Waals surface area contributed by atoms with Gasteiger partial charge in [0.15, 0.2) is 9.84 Å². The predicted octanol–water partition coefficient (Wildman–Crippen LogP) is 2.63. The zero-order chi connectivity index (χ0) is 11.1. The average Bonchev–Trinajstić information content (AvgIpc) is 2.45. The van der Waals surface area contributed by atoms with E-state index in [1.807, 2.05) is 0 Å². The van der Waals surface area contributed by atoms with Gasteiger partial charge in [-0.25, -0.2) is 8.42 Å². The van der Waals surface area contributed by atoms with Gasteiger partial charge in [-0.3, -0.25) is 0 Å². The maximum absolute atomic E-state index is 11.1. The highest BCUT2D eigenvalue weighted by molar-refractivity contribution is 7.89. The van der Waals surface area contributed by atoms with E-state index in [1.54, 1.807) is 24.3 Å². The number of rotatable bonds is 2. The molecule has 2 aromatic rings. The standard InChI is InChI=1S/C10H9ClO3S/c1-15(12,13)6-7-5-8-9(11)3-2-4-10(8)14-7/h2-5H,6H2,1H3. The van der Waals surface area contributed by atoms with Crippen LogP contribution in [0.2, 0.25) is 5.02 Å². The molecule has 0 spiro atoms. The number of fused-ring (bicyclic) bond motifs is 1. The summed E-state index contributed by atoms with van der Waals surface area (Å²) in [5.41, 5.74) is 0.612. The van der Waals surface area contributed by atoms with E-state index in [9.17, 15) is 8.42 Å². The highest BCUT2D eigenvalue weighted by atomic mass is 35.5. The molecule has 0 aliphatic rings. The van der Waals surface area contributed by atoms with Crippen molar-refractivity contribution in [3.05, 3.63) is 35.0 Å². The van der Waals surface area contributed by atoms with Gasteiger partial charge in [-0.1, -0.05) is 17.7 Å². The molecule has 0 radical (unpaired) electrons. The van der Waals surface area contributed by atoms with E-state index in [-0.39, 0.29) is 5.75 Å². The number of halogens is 1. The maximum Gasteiger partial charge on any atom is 0.154 e. The normalized spacial score (nSPS) is 12.1. The molecular formula is C10H9ClO3S. The summed E-state index contributed by atoms with van der Waals surface area (Å²) in [6.07, 6.45) is 1.17. The van der Waals surface area contributed by atoms with Gasteiger partial charge < -0.3 is 4.42 Å². The fourth-order valence-corrected chi connectivity index (χ4v) is 2.29. The van der Waals surface area contributed by atoms with E-state index in [0.29, 0.717) is 16.4 Å². The maximum atomic E-state index is 11.1. The van der Waals surface area contributed by atoms with Crippen LogP contribution in [0, 0.1) is 0 Å². The molecule has 0 aliphatic carbocycles. The zero-order valence-electron chi connectivity index (χ0n) is 8.03. The van der Waals surface area contributed by atoms with Gasteiger partial charge in [-0.05, 0) is 18.2 Å². The summed E-state index contributed by atoms with van der Waals surface area (Å²) in [7, 11) is -3.07. The van der Waals surface area contributed by atoms with Gasteiger partial charge in [0.05, 0.1) is 5.02 Å². The smallest absolute Gasteiger partial charge is 0.154 e. The monoisotopic (exact) mass is 244 g/mol. The van der Waals surface area contributed by atoms with Gasteiger partial charge in [0.2, 0.25) is 0 Å². The Morgan fingerprint density at radius 1 is 1.40 bits per heavy atom. The van der Waals surface area contributed by atoms with Crippen molar-refractivity contribution in [2.75, 3.05) is 6.26 Å². The van der Waals surface area contributed by atoms with Gasteiger partial charge in [-0.2, -0.15) is 0 Å². The molecule has 0 N–H and O–H groups in total. The third-order valence-corrected chi connectivity index (χ3v) is 3.10. The van der Waals surface area contributed by atoms with Crippen molar-refractivity contribution < 1.29 is 12.8 Å². The molecule has 0 aliphatic heterocycles. The first-order chi connectivity index (χ1) is 6.96. The van der Waals surface area contributed by atoms with Crippen LogP contribution in [0.3, 0.4) is 0 Å². The third kappa shape index (κ3) is 2.33. The van der Waals surface area contributed by atoms with Gasteiger partial charge in [0, 0.05) is 11.6 Å². The minimum Gasteiger partial charge on any atom is -0.460 e. The number of furan rings is 1. The van der Waals surface area contributed by atoms with Crippen molar-refractivity contribution in [1.29, 1.82) is 0 Å². The number of sulfone groups is 1. The second-order valence-electron chi connectivity index (χ2n) is 3.43. The molecular weight excluding hydrogens is 236 g/mol. The molecule has 0 atom stereocenters. The Morgan fingerprint density at radius 2 is 2.13 bits per heavy atom. The first kappa shape index (κ1) is 10.5. The molecule has 3 nitrogen and oxygen atoms in total. The molecule has 5 heteroatoms. The van der Waals surface area contributed by atoms with Crippen molar-refractivity contribution in [3.8, 4) is 0 Å². The van der Waals surface area contributed by atoms with E-state index in [0.717, 1.165) is 5.39 Å². The Hall–Kier alpha value is -1.00. The lowest BCUT2D eigenvalue weighted by Crippen LogP contribution is -1.98. The molecule has 0 saturated carbocycles. The SMILES string of the molecule is CS(=O)(=O)Cc1cc2c(Cl)cccc2o1.